The molecule has 0 unspecified atom stereocenters. The number of amides is 4. The number of carbonyl (C=O) groups excluding carboxylic acids is 3. The number of carbonyl (C=O) groups is 3. The van der Waals surface area contributed by atoms with E-state index >= 15 is 0 Å². The average molecular weight is 405 g/mol. The van der Waals surface area contributed by atoms with Gasteiger partial charge in [0, 0.05) is 17.9 Å². The molecule has 4 amide bonds. The Balaban J connectivity index is 1.51. The Kier molecular flexibility index (Phi) is 5.07. The molecule has 3 aliphatic rings. The zero-order valence-electron chi connectivity index (χ0n) is 15.8. The van der Waals surface area contributed by atoms with Gasteiger partial charge in [-0.05, 0) is 24.8 Å². The van der Waals surface area contributed by atoms with Crippen LogP contribution in [0, 0.1) is 11.7 Å². The Morgan fingerprint density at radius 1 is 1.32 bits per heavy atom. The third-order valence-electron chi connectivity index (χ3n) is 6.18. The van der Waals surface area contributed by atoms with Crippen molar-refractivity contribution in [3.05, 3.63) is 35.6 Å². The molecule has 150 valence electrons. The van der Waals surface area contributed by atoms with E-state index in [1.165, 1.54) is 17.8 Å². The van der Waals surface area contributed by atoms with Crippen LogP contribution in [0.25, 0.3) is 0 Å². The molecule has 2 aliphatic heterocycles. The molecule has 2 saturated heterocycles. The van der Waals surface area contributed by atoms with Crippen LogP contribution in [0.3, 0.4) is 0 Å². The fraction of sp³-hybridized carbons (Fsp3) is 0.550. The molecular formula is C20H24FN3O3S. The van der Waals surface area contributed by atoms with E-state index in [0.717, 1.165) is 24.2 Å². The summed E-state index contributed by atoms with van der Waals surface area (Å²) in [7, 11) is 0. The van der Waals surface area contributed by atoms with Crippen molar-refractivity contribution >= 4 is 29.6 Å². The number of thioether (sulfide) groups is 1. The van der Waals surface area contributed by atoms with E-state index in [1.807, 2.05) is 6.92 Å². The summed E-state index contributed by atoms with van der Waals surface area (Å²) in [6, 6.07) is 5.91. The molecule has 1 aliphatic carbocycles. The van der Waals surface area contributed by atoms with Crippen LogP contribution in [0.2, 0.25) is 0 Å². The number of nitrogens with zero attached hydrogens (tertiary/aromatic N) is 2. The third kappa shape index (κ3) is 3.07. The lowest BCUT2D eigenvalue weighted by molar-refractivity contribution is -0.140. The molecule has 4 rings (SSSR count). The maximum absolute atomic E-state index is 14.2. The van der Waals surface area contributed by atoms with Gasteiger partial charge in [0.05, 0.1) is 0 Å². The van der Waals surface area contributed by atoms with Gasteiger partial charge in [-0.3, -0.25) is 14.5 Å². The van der Waals surface area contributed by atoms with Crippen LogP contribution < -0.4 is 5.32 Å². The van der Waals surface area contributed by atoms with Crippen molar-refractivity contribution in [3.8, 4) is 0 Å². The van der Waals surface area contributed by atoms with E-state index in [2.05, 4.69) is 5.32 Å². The highest BCUT2D eigenvalue weighted by Crippen LogP contribution is 2.40. The van der Waals surface area contributed by atoms with Crippen molar-refractivity contribution in [2.24, 2.45) is 5.92 Å². The molecule has 1 aromatic carbocycles. The van der Waals surface area contributed by atoms with Gasteiger partial charge in [-0.1, -0.05) is 38.0 Å². The predicted octanol–water partition coefficient (Wildman–Crippen LogP) is 2.90. The molecule has 6 nitrogen and oxygen atoms in total. The number of benzene rings is 1. The zero-order chi connectivity index (χ0) is 19.9. The van der Waals surface area contributed by atoms with Gasteiger partial charge < -0.3 is 10.2 Å². The van der Waals surface area contributed by atoms with E-state index < -0.39 is 16.9 Å². The molecule has 8 heteroatoms. The van der Waals surface area contributed by atoms with Crippen LogP contribution >= 0.6 is 11.8 Å². The van der Waals surface area contributed by atoms with Crippen LogP contribution in [-0.2, 0) is 9.59 Å². The summed E-state index contributed by atoms with van der Waals surface area (Å²) in [6.07, 6.45) is 3.42. The van der Waals surface area contributed by atoms with Gasteiger partial charge >= 0.3 is 6.03 Å². The first-order valence-corrected chi connectivity index (χ1v) is 10.8. The number of hydrogen-bond acceptors (Lipinski definition) is 4. The number of nitrogens with one attached hydrogen (secondary N) is 1. The Hall–Kier alpha value is -2.09. The van der Waals surface area contributed by atoms with Crippen LogP contribution in [0.4, 0.5) is 9.18 Å². The van der Waals surface area contributed by atoms with E-state index in [9.17, 15) is 18.8 Å². The molecule has 1 aromatic rings. The molecule has 0 radical (unpaired) electrons. The highest BCUT2D eigenvalue weighted by atomic mass is 32.2. The first kappa shape index (κ1) is 19.2. The first-order chi connectivity index (χ1) is 13.4. The Bertz CT molecular complexity index is 820. The second-order valence-corrected chi connectivity index (χ2v) is 8.96. The number of urea groups is 1. The number of halogens is 1. The molecule has 28 heavy (non-hydrogen) atoms. The number of imide groups is 1. The minimum absolute atomic E-state index is 0.0475. The molecule has 2 heterocycles. The summed E-state index contributed by atoms with van der Waals surface area (Å²) in [4.78, 5) is 41.2. The monoisotopic (exact) mass is 405 g/mol. The smallest absolute Gasteiger partial charge is 0.324 e. The SMILES string of the molecule is C[C@@H]1CCCC[C@@]12NC(=O)N(CC(=O)N1CCS[C@@H]1c1ccccc1F)C2=O. The quantitative estimate of drug-likeness (QED) is 0.785. The molecule has 1 saturated carbocycles. The molecule has 3 atom stereocenters. The normalized spacial score (nSPS) is 30.2. The van der Waals surface area contributed by atoms with Gasteiger partial charge in [0.1, 0.15) is 23.3 Å². The van der Waals surface area contributed by atoms with Gasteiger partial charge in [-0.15, -0.1) is 11.8 Å². The van der Waals surface area contributed by atoms with Gasteiger partial charge in [-0.25, -0.2) is 9.18 Å². The van der Waals surface area contributed by atoms with Crippen LogP contribution in [0.1, 0.15) is 43.5 Å². The standard InChI is InChI=1S/C20H24FN3O3S/c1-13-6-4-5-9-20(13)18(26)24(19(27)22-20)12-16(25)23-10-11-28-17(23)14-7-2-3-8-15(14)21/h2-3,7-8,13,17H,4-6,9-12H2,1H3,(H,22,27)/t13-,17-,20-/m1/s1. The van der Waals surface area contributed by atoms with E-state index in [-0.39, 0.29) is 30.1 Å². The second-order valence-electron chi connectivity index (χ2n) is 7.77. The lowest BCUT2D eigenvalue weighted by Crippen LogP contribution is -2.54. The molecule has 1 spiro atoms. The summed E-state index contributed by atoms with van der Waals surface area (Å²) in [5.41, 5.74) is -0.423. The molecule has 1 N–H and O–H groups in total. The first-order valence-electron chi connectivity index (χ1n) is 9.73. The maximum atomic E-state index is 14.2. The average Bonchev–Trinajstić information content (AvgIpc) is 3.24. The van der Waals surface area contributed by atoms with Crippen molar-refractivity contribution in [2.75, 3.05) is 18.8 Å². The summed E-state index contributed by atoms with van der Waals surface area (Å²) < 4.78 is 14.2. The van der Waals surface area contributed by atoms with Gasteiger partial charge in [0.2, 0.25) is 5.91 Å². The Morgan fingerprint density at radius 3 is 2.86 bits per heavy atom. The summed E-state index contributed by atoms with van der Waals surface area (Å²) in [5, 5.41) is 2.44. The van der Waals surface area contributed by atoms with Gasteiger partial charge in [0.25, 0.3) is 5.91 Å². The van der Waals surface area contributed by atoms with Crippen LogP contribution in [0.15, 0.2) is 24.3 Å². The summed E-state index contributed by atoms with van der Waals surface area (Å²) >= 11 is 1.49. The number of hydrogen-bond donors (Lipinski definition) is 1. The topological polar surface area (TPSA) is 69.7 Å². The largest absolute Gasteiger partial charge is 0.325 e. The fourth-order valence-corrected chi connectivity index (χ4v) is 5.82. The van der Waals surface area contributed by atoms with Gasteiger partial charge in [-0.2, -0.15) is 0 Å². The number of rotatable bonds is 3. The maximum Gasteiger partial charge on any atom is 0.325 e. The van der Waals surface area contributed by atoms with E-state index in [1.54, 1.807) is 23.1 Å². The molecular weight excluding hydrogens is 381 g/mol. The highest BCUT2D eigenvalue weighted by Gasteiger charge is 2.55. The van der Waals surface area contributed by atoms with Crippen molar-refractivity contribution in [2.45, 2.75) is 43.5 Å². The lowest BCUT2D eigenvalue weighted by Gasteiger charge is -2.36. The Morgan fingerprint density at radius 2 is 2.11 bits per heavy atom. The van der Waals surface area contributed by atoms with Crippen molar-refractivity contribution < 1.29 is 18.8 Å². The highest BCUT2D eigenvalue weighted by molar-refractivity contribution is 7.99. The van der Waals surface area contributed by atoms with E-state index in [4.69, 9.17) is 0 Å². The fourth-order valence-electron chi connectivity index (χ4n) is 4.52. The molecule has 0 bridgehead atoms. The second kappa shape index (κ2) is 7.39. The summed E-state index contributed by atoms with van der Waals surface area (Å²) in [6.45, 7) is 2.15. The third-order valence-corrected chi connectivity index (χ3v) is 7.42. The van der Waals surface area contributed by atoms with Crippen LogP contribution in [-0.4, -0.2) is 52.0 Å². The summed E-state index contributed by atoms with van der Waals surface area (Å²) in [5.74, 6) is -0.253. The van der Waals surface area contributed by atoms with Crippen molar-refractivity contribution in [1.29, 1.82) is 0 Å². The van der Waals surface area contributed by atoms with Crippen molar-refractivity contribution in [3.63, 3.8) is 0 Å². The Labute approximate surface area is 167 Å². The minimum atomic E-state index is -0.875. The van der Waals surface area contributed by atoms with Gasteiger partial charge in [0.15, 0.2) is 0 Å². The lowest BCUT2D eigenvalue weighted by atomic mass is 9.73. The molecule has 3 fully saturated rings. The molecule has 0 aromatic heterocycles. The zero-order valence-corrected chi connectivity index (χ0v) is 16.6. The van der Waals surface area contributed by atoms with Crippen molar-refractivity contribution in [1.82, 2.24) is 15.1 Å². The predicted molar refractivity (Wildman–Crippen MR) is 104 cm³/mol. The van der Waals surface area contributed by atoms with E-state index in [0.29, 0.717) is 24.3 Å². The van der Waals surface area contributed by atoms with Crippen LogP contribution in [0.5, 0.6) is 0 Å². The minimum Gasteiger partial charge on any atom is -0.324 e.